The van der Waals surface area contributed by atoms with Crippen LogP contribution in [0.1, 0.15) is 12.5 Å². The average molecular weight is 264 g/mol. The summed E-state index contributed by atoms with van der Waals surface area (Å²) >= 11 is 5.15. The van der Waals surface area contributed by atoms with Gasteiger partial charge in [0.1, 0.15) is 0 Å². The van der Waals surface area contributed by atoms with E-state index in [2.05, 4.69) is 17.2 Å². The lowest BCUT2D eigenvalue weighted by molar-refractivity contribution is 0.174. The Labute approximate surface area is 112 Å². The van der Waals surface area contributed by atoms with E-state index >= 15 is 0 Å². The van der Waals surface area contributed by atoms with Crippen LogP contribution in [0, 0.1) is 0 Å². The minimum atomic E-state index is 0.296. The molecule has 18 heavy (non-hydrogen) atoms. The van der Waals surface area contributed by atoms with Crippen LogP contribution in [0.25, 0.3) is 0 Å². The number of ether oxygens (including phenoxy) is 2. The Kier molecular flexibility index (Phi) is 4.04. The van der Waals surface area contributed by atoms with E-state index in [0.29, 0.717) is 25.0 Å². The van der Waals surface area contributed by atoms with Crippen molar-refractivity contribution in [1.29, 1.82) is 0 Å². The van der Waals surface area contributed by atoms with Crippen LogP contribution < -0.4 is 20.1 Å². The summed E-state index contributed by atoms with van der Waals surface area (Å²) in [6, 6.07) is 5.85. The maximum atomic E-state index is 5.31. The third kappa shape index (κ3) is 3.37. The summed E-state index contributed by atoms with van der Waals surface area (Å²) in [5.41, 5.74) is 2.14. The van der Waals surface area contributed by atoms with Crippen molar-refractivity contribution in [2.75, 3.05) is 13.3 Å². The van der Waals surface area contributed by atoms with Gasteiger partial charge in [-0.15, -0.1) is 0 Å². The summed E-state index contributed by atoms with van der Waals surface area (Å²) in [6.45, 7) is 7.39. The minimum absolute atomic E-state index is 0.296. The van der Waals surface area contributed by atoms with Gasteiger partial charge in [-0.2, -0.15) is 0 Å². The van der Waals surface area contributed by atoms with E-state index in [0.717, 1.165) is 22.6 Å². The first-order chi connectivity index (χ1) is 8.65. The normalized spacial score (nSPS) is 12.1. The first-order valence-corrected chi connectivity index (χ1v) is 6.10. The maximum absolute atomic E-state index is 5.31. The molecule has 96 valence electrons. The van der Waals surface area contributed by atoms with Gasteiger partial charge < -0.3 is 20.1 Å². The SMILES string of the molecule is C=C(C)CNC(=S)NCc1ccc2c(c1)OCO2. The van der Waals surface area contributed by atoms with Crippen LogP contribution in [-0.2, 0) is 6.54 Å². The molecule has 0 aromatic heterocycles. The summed E-state index contributed by atoms with van der Waals surface area (Å²) in [6.07, 6.45) is 0. The van der Waals surface area contributed by atoms with Crippen molar-refractivity contribution in [3.8, 4) is 11.5 Å². The van der Waals surface area contributed by atoms with E-state index in [1.807, 2.05) is 25.1 Å². The molecule has 2 rings (SSSR count). The van der Waals surface area contributed by atoms with E-state index in [1.165, 1.54) is 0 Å². The molecule has 0 amide bonds. The number of thiocarbonyl (C=S) groups is 1. The van der Waals surface area contributed by atoms with Crippen molar-refractivity contribution in [2.45, 2.75) is 13.5 Å². The van der Waals surface area contributed by atoms with Crippen LogP contribution in [0.2, 0.25) is 0 Å². The molecular formula is C13H16N2O2S. The van der Waals surface area contributed by atoms with Crippen molar-refractivity contribution < 1.29 is 9.47 Å². The van der Waals surface area contributed by atoms with Crippen LogP contribution in [0.3, 0.4) is 0 Å². The van der Waals surface area contributed by atoms with E-state index in [-0.39, 0.29) is 0 Å². The highest BCUT2D eigenvalue weighted by molar-refractivity contribution is 7.80. The molecule has 0 bridgehead atoms. The second-order valence-corrected chi connectivity index (χ2v) is 4.59. The molecule has 0 atom stereocenters. The van der Waals surface area contributed by atoms with Crippen molar-refractivity contribution in [3.05, 3.63) is 35.9 Å². The third-order valence-corrected chi connectivity index (χ3v) is 2.73. The molecule has 1 aliphatic rings. The van der Waals surface area contributed by atoms with Crippen LogP contribution in [0.15, 0.2) is 30.4 Å². The summed E-state index contributed by atoms with van der Waals surface area (Å²) < 4.78 is 10.6. The highest BCUT2D eigenvalue weighted by Crippen LogP contribution is 2.32. The lowest BCUT2D eigenvalue weighted by atomic mass is 10.2. The van der Waals surface area contributed by atoms with Crippen LogP contribution in [0.4, 0.5) is 0 Å². The minimum Gasteiger partial charge on any atom is -0.454 e. The van der Waals surface area contributed by atoms with Crippen LogP contribution >= 0.6 is 12.2 Å². The van der Waals surface area contributed by atoms with Crippen molar-refractivity contribution in [2.24, 2.45) is 0 Å². The number of benzene rings is 1. The van der Waals surface area contributed by atoms with Gasteiger partial charge in [0, 0.05) is 13.1 Å². The van der Waals surface area contributed by atoms with E-state index in [4.69, 9.17) is 21.7 Å². The Morgan fingerprint density at radius 3 is 2.89 bits per heavy atom. The van der Waals surface area contributed by atoms with Gasteiger partial charge in [-0.1, -0.05) is 18.2 Å². The molecule has 1 aliphatic heterocycles. The standard InChI is InChI=1S/C13H16N2O2S/c1-9(2)6-14-13(18)15-7-10-3-4-11-12(5-10)17-8-16-11/h3-5H,1,6-8H2,2H3,(H2,14,15,18). The number of nitrogens with one attached hydrogen (secondary N) is 2. The lowest BCUT2D eigenvalue weighted by Crippen LogP contribution is -2.35. The molecule has 4 nitrogen and oxygen atoms in total. The number of hydrogen-bond donors (Lipinski definition) is 2. The second kappa shape index (κ2) is 5.73. The summed E-state index contributed by atoms with van der Waals surface area (Å²) in [5, 5.41) is 6.82. The molecule has 2 N–H and O–H groups in total. The first-order valence-electron chi connectivity index (χ1n) is 5.70. The van der Waals surface area contributed by atoms with Crippen LogP contribution in [-0.4, -0.2) is 18.5 Å². The number of hydrogen-bond acceptors (Lipinski definition) is 3. The smallest absolute Gasteiger partial charge is 0.231 e. The Hall–Kier alpha value is -1.75. The van der Waals surface area contributed by atoms with Crippen molar-refractivity contribution >= 4 is 17.3 Å². The second-order valence-electron chi connectivity index (χ2n) is 4.18. The molecule has 1 aromatic rings. The predicted octanol–water partition coefficient (Wildman–Crippen LogP) is 1.96. The third-order valence-electron chi connectivity index (χ3n) is 2.44. The Morgan fingerprint density at radius 2 is 2.11 bits per heavy atom. The highest BCUT2D eigenvalue weighted by Gasteiger charge is 2.12. The fourth-order valence-electron chi connectivity index (χ4n) is 1.53. The largest absolute Gasteiger partial charge is 0.454 e. The lowest BCUT2D eigenvalue weighted by Gasteiger charge is -2.10. The van der Waals surface area contributed by atoms with Gasteiger partial charge in [-0.25, -0.2) is 0 Å². The quantitative estimate of drug-likeness (QED) is 0.643. The van der Waals surface area contributed by atoms with Crippen LogP contribution in [0.5, 0.6) is 11.5 Å². The molecule has 5 heteroatoms. The van der Waals surface area contributed by atoms with Gasteiger partial charge in [0.2, 0.25) is 6.79 Å². The van der Waals surface area contributed by atoms with Gasteiger partial charge in [0.25, 0.3) is 0 Å². The van der Waals surface area contributed by atoms with Gasteiger partial charge in [0.05, 0.1) is 0 Å². The molecule has 0 saturated carbocycles. The monoisotopic (exact) mass is 264 g/mol. The zero-order chi connectivity index (χ0) is 13.0. The zero-order valence-corrected chi connectivity index (χ0v) is 11.1. The molecule has 0 unspecified atom stereocenters. The zero-order valence-electron chi connectivity index (χ0n) is 10.3. The fraction of sp³-hybridized carbons (Fsp3) is 0.308. The Morgan fingerprint density at radius 1 is 1.33 bits per heavy atom. The topological polar surface area (TPSA) is 42.5 Å². The molecule has 0 saturated heterocycles. The van der Waals surface area contributed by atoms with Gasteiger partial charge in [-0.3, -0.25) is 0 Å². The molecule has 1 aromatic carbocycles. The van der Waals surface area contributed by atoms with E-state index in [9.17, 15) is 0 Å². The first kappa shape index (κ1) is 12.7. The fourth-order valence-corrected chi connectivity index (χ4v) is 1.67. The average Bonchev–Trinajstić information content (AvgIpc) is 2.81. The van der Waals surface area contributed by atoms with Gasteiger partial charge in [-0.05, 0) is 36.8 Å². The summed E-state index contributed by atoms with van der Waals surface area (Å²) in [7, 11) is 0. The van der Waals surface area contributed by atoms with Gasteiger partial charge >= 0.3 is 0 Å². The number of rotatable bonds is 4. The summed E-state index contributed by atoms with van der Waals surface area (Å²) in [4.78, 5) is 0. The molecule has 0 aliphatic carbocycles. The Balaban J connectivity index is 1.83. The molecule has 0 spiro atoms. The molecule has 1 heterocycles. The molecule has 0 radical (unpaired) electrons. The van der Waals surface area contributed by atoms with Gasteiger partial charge in [0.15, 0.2) is 16.6 Å². The highest BCUT2D eigenvalue weighted by atomic mass is 32.1. The van der Waals surface area contributed by atoms with E-state index in [1.54, 1.807) is 0 Å². The van der Waals surface area contributed by atoms with Crippen molar-refractivity contribution in [3.63, 3.8) is 0 Å². The van der Waals surface area contributed by atoms with E-state index < -0.39 is 0 Å². The maximum Gasteiger partial charge on any atom is 0.231 e. The molecular weight excluding hydrogens is 248 g/mol. The Bertz CT molecular complexity index is 474. The van der Waals surface area contributed by atoms with Crippen molar-refractivity contribution in [1.82, 2.24) is 10.6 Å². The molecule has 0 fully saturated rings. The summed E-state index contributed by atoms with van der Waals surface area (Å²) in [5.74, 6) is 1.58. The number of fused-ring (bicyclic) bond motifs is 1. The predicted molar refractivity (Wildman–Crippen MR) is 74.8 cm³/mol.